The molecule has 4 aliphatic rings. The molecule has 4 aliphatic heterocycles. The van der Waals surface area contributed by atoms with Crippen molar-refractivity contribution in [2.24, 2.45) is 11.8 Å². The van der Waals surface area contributed by atoms with E-state index in [1.54, 1.807) is 24.0 Å². The topological polar surface area (TPSA) is 125 Å². The number of aliphatic hydroxyl groups excluding tert-OH is 1. The Balaban J connectivity index is 1.37. The molecule has 270 valence electrons. The second-order valence-corrected chi connectivity index (χ2v) is 14.3. The van der Waals surface area contributed by atoms with Gasteiger partial charge in [0.25, 0.3) is 5.91 Å². The molecular weight excluding hydrogens is 658 g/mol. The zero-order valence-electron chi connectivity index (χ0n) is 29.7. The summed E-state index contributed by atoms with van der Waals surface area (Å²) in [7, 11) is 0. The van der Waals surface area contributed by atoms with E-state index in [-0.39, 0.29) is 31.2 Å². The molecule has 0 aliphatic carbocycles. The van der Waals surface area contributed by atoms with Gasteiger partial charge in [0.2, 0.25) is 11.8 Å². The van der Waals surface area contributed by atoms with Crippen molar-refractivity contribution < 1.29 is 33.8 Å². The Kier molecular flexibility index (Phi) is 9.87. The molecule has 3 amide bonds. The molecule has 10 nitrogen and oxygen atoms in total. The van der Waals surface area contributed by atoms with E-state index >= 15 is 4.79 Å². The van der Waals surface area contributed by atoms with Gasteiger partial charge in [-0.05, 0) is 55.9 Å². The Morgan fingerprint density at radius 2 is 1.60 bits per heavy atom. The highest BCUT2D eigenvalue weighted by atomic mass is 16.6. The van der Waals surface area contributed by atoms with Crippen molar-refractivity contribution in [3.05, 3.63) is 125 Å². The number of cyclic esters (lactones) is 1. The minimum Gasteiger partial charge on any atom is -0.455 e. The van der Waals surface area contributed by atoms with Gasteiger partial charge in [-0.15, -0.1) is 0 Å². The zero-order chi connectivity index (χ0) is 36.6. The third kappa shape index (κ3) is 6.24. The van der Waals surface area contributed by atoms with E-state index in [1.165, 1.54) is 4.90 Å². The summed E-state index contributed by atoms with van der Waals surface area (Å²) in [6.45, 7) is 5.42. The second-order valence-electron chi connectivity index (χ2n) is 14.3. The molecule has 3 aromatic rings. The number of amides is 3. The number of benzene rings is 3. The van der Waals surface area contributed by atoms with E-state index in [1.807, 2.05) is 105 Å². The van der Waals surface area contributed by atoms with Crippen LogP contribution in [0.4, 0.5) is 5.69 Å². The highest BCUT2D eigenvalue weighted by Crippen LogP contribution is 2.56. The minimum absolute atomic E-state index is 0.166. The maximum atomic E-state index is 15.4. The van der Waals surface area contributed by atoms with E-state index in [0.29, 0.717) is 17.7 Å². The molecule has 3 aromatic carbocycles. The number of hydrogen-bond acceptors (Lipinski definition) is 7. The summed E-state index contributed by atoms with van der Waals surface area (Å²) in [6.07, 6.45) is 6.51. The molecule has 8 atom stereocenters. The number of anilines is 1. The van der Waals surface area contributed by atoms with Gasteiger partial charge < -0.3 is 29.7 Å². The molecule has 4 heterocycles. The van der Waals surface area contributed by atoms with Crippen molar-refractivity contribution in [1.82, 2.24) is 10.2 Å². The van der Waals surface area contributed by atoms with Gasteiger partial charge in [0, 0.05) is 18.7 Å². The van der Waals surface area contributed by atoms with Crippen molar-refractivity contribution >= 4 is 29.4 Å². The SMILES string of the molecule is Cc1cccc(C)c1N1C/C=C\CCC(=O)N[C@@H](C)[C@H](c2ccccc2)OC(=O)[C@@H]2[C@H]3C(=O)N([C@@H](CO)Cc4ccccc4)[C@H](C1=O)[C@]31C=C[C@H]2O1. The van der Waals surface area contributed by atoms with Crippen LogP contribution in [0.2, 0.25) is 0 Å². The molecule has 52 heavy (non-hydrogen) atoms. The lowest BCUT2D eigenvalue weighted by Gasteiger charge is -2.39. The molecule has 2 N–H and O–H groups in total. The fourth-order valence-electron chi connectivity index (χ4n) is 8.58. The summed E-state index contributed by atoms with van der Waals surface area (Å²) in [5.74, 6) is -3.84. The van der Waals surface area contributed by atoms with Crippen LogP contribution in [0, 0.1) is 25.7 Å². The predicted molar refractivity (Wildman–Crippen MR) is 195 cm³/mol. The standard InChI is InChI=1S/C42H45N3O7/c1-26-14-13-15-27(2)36(26)44-23-12-6-11-20-33(47)43-28(3)37(30-18-9-5-10-19-30)51-41(50)34-32-21-22-42(52-32)35(34)39(48)45(38(42)40(44)49)31(25-46)24-29-16-7-4-8-17-29/h4-10,12-19,21-22,28,31-32,34-35,37-38,46H,11,20,23-25H2,1-3H3,(H,43,47)/b12-6-/t28-,31+,32+,34-,35-,37+,38+,42-/m0/s1. The third-order valence-corrected chi connectivity index (χ3v) is 10.9. The molecule has 2 saturated heterocycles. The monoisotopic (exact) mass is 703 g/mol. The predicted octanol–water partition coefficient (Wildman–Crippen LogP) is 4.53. The van der Waals surface area contributed by atoms with E-state index in [9.17, 15) is 19.5 Å². The Morgan fingerprint density at radius 1 is 0.904 bits per heavy atom. The third-order valence-electron chi connectivity index (χ3n) is 10.9. The molecule has 1 spiro atoms. The van der Waals surface area contributed by atoms with Gasteiger partial charge in [-0.1, -0.05) is 103 Å². The highest BCUT2D eigenvalue weighted by molar-refractivity contribution is 6.06. The van der Waals surface area contributed by atoms with Crippen LogP contribution in [0.15, 0.2) is 103 Å². The number of likely N-dealkylation sites (tertiary alicyclic amines) is 1. The number of aryl methyl sites for hydroxylation is 2. The van der Waals surface area contributed by atoms with Crippen LogP contribution in [0.5, 0.6) is 0 Å². The molecule has 0 saturated carbocycles. The minimum atomic E-state index is -1.48. The zero-order valence-corrected chi connectivity index (χ0v) is 29.7. The first kappa shape index (κ1) is 35.3. The van der Waals surface area contributed by atoms with Gasteiger partial charge in [-0.2, -0.15) is 0 Å². The van der Waals surface area contributed by atoms with Crippen LogP contribution >= 0.6 is 0 Å². The quantitative estimate of drug-likeness (QED) is 0.286. The fourth-order valence-corrected chi connectivity index (χ4v) is 8.58. The number of fused-ring (bicyclic) bond motifs is 2. The molecule has 10 heteroatoms. The molecule has 0 radical (unpaired) electrons. The van der Waals surface area contributed by atoms with Crippen molar-refractivity contribution in [1.29, 1.82) is 0 Å². The lowest BCUT2D eigenvalue weighted by atomic mass is 9.74. The van der Waals surface area contributed by atoms with Crippen molar-refractivity contribution in [3.8, 4) is 0 Å². The largest absolute Gasteiger partial charge is 0.455 e. The van der Waals surface area contributed by atoms with Gasteiger partial charge >= 0.3 is 5.97 Å². The van der Waals surface area contributed by atoms with Crippen molar-refractivity contribution in [3.63, 3.8) is 0 Å². The van der Waals surface area contributed by atoms with Gasteiger partial charge in [0.1, 0.15) is 23.7 Å². The Morgan fingerprint density at radius 3 is 2.29 bits per heavy atom. The van der Waals surface area contributed by atoms with E-state index < -0.39 is 66.3 Å². The summed E-state index contributed by atoms with van der Waals surface area (Å²) < 4.78 is 13.0. The van der Waals surface area contributed by atoms with E-state index in [4.69, 9.17) is 9.47 Å². The number of allylic oxidation sites excluding steroid dienone is 1. The molecule has 0 unspecified atom stereocenters. The van der Waals surface area contributed by atoms with E-state index in [0.717, 1.165) is 16.7 Å². The number of ether oxygens (including phenoxy) is 2. The van der Waals surface area contributed by atoms with Crippen LogP contribution in [0.3, 0.4) is 0 Å². The number of para-hydroxylation sites is 1. The second kappa shape index (κ2) is 14.5. The summed E-state index contributed by atoms with van der Waals surface area (Å²) in [5, 5.41) is 13.9. The summed E-state index contributed by atoms with van der Waals surface area (Å²) in [6, 6.07) is 21.9. The molecule has 7 rings (SSSR count). The van der Waals surface area contributed by atoms with Crippen molar-refractivity contribution in [2.45, 2.75) is 76.0 Å². The maximum absolute atomic E-state index is 15.4. The van der Waals surface area contributed by atoms with Gasteiger partial charge in [-0.3, -0.25) is 19.2 Å². The Hall–Kier alpha value is -5.06. The number of carbonyl (C=O) groups excluding carboxylic acids is 4. The Labute approximate surface area is 304 Å². The Bertz CT molecular complexity index is 1880. The summed E-state index contributed by atoms with van der Waals surface area (Å²) in [5.41, 5.74) is 2.54. The van der Waals surface area contributed by atoms with Crippen LogP contribution in [0.1, 0.15) is 48.1 Å². The van der Waals surface area contributed by atoms with Crippen molar-refractivity contribution in [2.75, 3.05) is 18.1 Å². The molecule has 2 fully saturated rings. The number of nitrogens with zero attached hydrogens (tertiary/aromatic N) is 2. The number of aliphatic hydroxyl groups is 1. The number of rotatable bonds is 6. The first-order valence-electron chi connectivity index (χ1n) is 18.1. The normalized spacial score (nSPS) is 30.2. The number of carbonyl (C=O) groups is 4. The molecular formula is C42H45N3O7. The average molecular weight is 704 g/mol. The average Bonchev–Trinajstić information content (AvgIpc) is 3.79. The first-order chi connectivity index (χ1) is 25.1. The van der Waals surface area contributed by atoms with Crippen LogP contribution in [0.25, 0.3) is 0 Å². The fraction of sp³-hybridized carbons (Fsp3) is 0.381. The number of esters is 1. The lowest BCUT2D eigenvalue weighted by Crippen LogP contribution is -2.59. The summed E-state index contributed by atoms with van der Waals surface area (Å²) >= 11 is 0. The van der Waals surface area contributed by atoms with Gasteiger partial charge in [-0.25, -0.2) is 0 Å². The lowest BCUT2D eigenvalue weighted by molar-refractivity contribution is -0.161. The van der Waals surface area contributed by atoms with Crippen LogP contribution in [-0.4, -0.2) is 76.7 Å². The maximum Gasteiger partial charge on any atom is 0.313 e. The number of hydrogen-bond donors (Lipinski definition) is 2. The smallest absolute Gasteiger partial charge is 0.313 e. The van der Waals surface area contributed by atoms with Crippen LogP contribution in [-0.2, 0) is 35.1 Å². The highest BCUT2D eigenvalue weighted by Gasteiger charge is 2.74. The van der Waals surface area contributed by atoms with Crippen LogP contribution < -0.4 is 10.2 Å². The first-order valence-corrected chi connectivity index (χ1v) is 18.1. The number of nitrogens with one attached hydrogen (secondary N) is 1. The van der Waals surface area contributed by atoms with Gasteiger partial charge in [0.15, 0.2) is 0 Å². The molecule has 5 bridgehead atoms. The summed E-state index contributed by atoms with van der Waals surface area (Å²) in [4.78, 5) is 61.1. The van der Waals surface area contributed by atoms with E-state index in [2.05, 4.69) is 5.32 Å². The van der Waals surface area contributed by atoms with Gasteiger partial charge in [0.05, 0.1) is 30.7 Å². The molecule has 0 aromatic heterocycles.